The van der Waals surface area contributed by atoms with Gasteiger partial charge in [-0.25, -0.2) is 0 Å². The lowest BCUT2D eigenvalue weighted by Crippen LogP contribution is -2.37. The lowest BCUT2D eigenvalue weighted by molar-refractivity contribution is 0.0842. The molecule has 0 aromatic heterocycles. The SMILES string of the molecule is CC1OB(c2ccc3c(c2)CN(C)C[C@H]3c2ccc3ccccc3c2)OC1(C)C. The molecule has 0 bridgehead atoms. The molecule has 1 saturated heterocycles. The van der Waals surface area contributed by atoms with Gasteiger partial charge in [0.15, 0.2) is 0 Å². The molecule has 0 aliphatic carbocycles. The summed E-state index contributed by atoms with van der Waals surface area (Å²) in [7, 11) is 1.92. The van der Waals surface area contributed by atoms with Gasteiger partial charge in [0, 0.05) is 19.0 Å². The van der Waals surface area contributed by atoms with Crippen LogP contribution in [0.4, 0.5) is 0 Å². The Morgan fingerprint density at radius 2 is 1.79 bits per heavy atom. The molecule has 2 heterocycles. The first kappa shape index (κ1) is 18.9. The summed E-state index contributed by atoms with van der Waals surface area (Å²) in [6.45, 7) is 8.27. The number of hydrogen-bond acceptors (Lipinski definition) is 3. The van der Waals surface area contributed by atoms with Gasteiger partial charge in [-0.1, -0.05) is 60.7 Å². The maximum atomic E-state index is 6.19. The Balaban J connectivity index is 1.51. The zero-order valence-electron chi connectivity index (χ0n) is 17.7. The van der Waals surface area contributed by atoms with Gasteiger partial charge in [0.05, 0.1) is 11.7 Å². The Hall–Kier alpha value is -2.14. The van der Waals surface area contributed by atoms with Crippen molar-refractivity contribution in [1.82, 2.24) is 4.90 Å². The van der Waals surface area contributed by atoms with Crippen molar-refractivity contribution < 1.29 is 9.31 Å². The molecule has 3 aromatic carbocycles. The van der Waals surface area contributed by atoms with Crippen molar-refractivity contribution in [1.29, 1.82) is 0 Å². The van der Waals surface area contributed by atoms with Crippen LogP contribution in [-0.2, 0) is 15.9 Å². The Morgan fingerprint density at radius 1 is 1.00 bits per heavy atom. The minimum atomic E-state index is -0.281. The fourth-order valence-electron chi connectivity index (χ4n) is 4.62. The van der Waals surface area contributed by atoms with E-state index < -0.39 is 0 Å². The van der Waals surface area contributed by atoms with Crippen molar-refractivity contribution in [2.45, 2.75) is 44.9 Å². The van der Waals surface area contributed by atoms with Crippen molar-refractivity contribution in [3.8, 4) is 0 Å². The fourth-order valence-corrected chi connectivity index (χ4v) is 4.62. The summed E-state index contributed by atoms with van der Waals surface area (Å²) >= 11 is 0. The molecular weight excluding hydrogens is 357 g/mol. The normalized spacial score (nSPS) is 24.1. The molecule has 5 rings (SSSR count). The number of rotatable bonds is 2. The van der Waals surface area contributed by atoms with Crippen LogP contribution in [-0.4, -0.2) is 37.3 Å². The van der Waals surface area contributed by atoms with Gasteiger partial charge in [-0.15, -0.1) is 0 Å². The van der Waals surface area contributed by atoms with Gasteiger partial charge in [-0.05, 0) is 60.7 Å². The maximum Gasteiger partial charge on any atom is 0.494 e. The van der Waals surface area contributed by atoms with E-state index in [1.807, 2.05) is 0 Å². The second-order valence-electron chi connectivity index (χ2n) is 9.15. The molecular formula is C25H28BNO2. The third-order valence-corrected chi connectivity index (χ3v) is 6.64. The van der Waals surface area contributed by atoms with E-state index in [1.165, 1.54) is 27.5 Å². The van der Waals surface area contributed by atoms with Crippen molar-refractivity contribution in [3.05, 3.63) is 77.4 Å². The Kier molecular flexibility index (Phi) is 4.54. The minimum Gasteiger partial charge on any atom is -0.402 e. The predicted octanol–water partition coefficient (Wildman–Crippen LogP) is 4.33. The van der Waals surface area contributed by atoms with Crippen LogP contribution in [0.15, 0.2) is 60.7 Å². The van der Waals surface area contributed by atoms with E-state index in [0.29, 0.717) is 5.92 Å². The van der Waals surface area contributed by atoms with E-state index >= 15 is 0 Å². The highest BCUT2D eigenvalue weighted by molar-refractivity contribution is 6.62. The van der Waals surface area contributed by atoms with Crippen molar-refractivity contribution >= 4 is 23.4 Å². The van der Waals surface area contributed by atoms with Crippen molar-refractivity contribution in [3.63, 3.8) is 0 Å². The van der Waals surface area contributed by atoms with Crippen molar-refractivity contribution in [2.24, 2.45) is 0 Å². The highest BCUT2D eigenvalue weighted by Crippen LogP contribution is 2.34. The summed E-state index contributed by atoms with van der Waals surface area (Å²) < 4.78 is 12.3. The summed E-state index contributed by atoms with van der Waals surface area (Å²) in [5.74, 6) is 0.378. The molecule has 29 heavy (non-hydrogen) atoms. The van der Waals surface area contributed by atoms with Crippen LogP contribution in [0.25, 0.3) is 10.8 Å². The van der Waals surface area contributed by atoms with Gasteiger partial charge in [-0.3, -0.25) is 0 Å². The quantitative estimate of drug-likeness (QED) is 0.613. The molecule has 1 unspecified atom stereocenters. The second-order valence-corrected chi connectivity index (χ2v) is 9.15. The zero-order valence-corrected chi connectivity index (χ0v) is 17.7. The Labute approximate surface area is 173 Å². The van der Waals surface area contributed by atoms with E-state index in [2.05, 4.69) is 93.4 Å². The monoisotopic (exact) mass is 385 g/mol. The van der Waals surface area contributed by atoms with Crippen LogP contribution < -0.4 is 5.46 Å². The molecule has 3 aromatic rings. The highest BCUT2D eigenvalue weighted by atomic mass is 16.7. The maximum absolute atomic E-state index is 6.19. The second kappa shape index (κ2) is 6.98. The first-order valence-corrected chi connectivity index (χ1v) is 10.5. The largest absolute Gasteiger partial charge is 0.494 e. The lowest BCUT2D eigenvalue weighted by Gasteiger charge is -2.33. The lowest BCUT2D eigenvalue weighted by atomic mass is 9.75. The molecule has 2 atom stereocenters. The fraction of sp³-hybridized carbons (Fsp3) is 0.360. The summed E-state index contributed by atoms with van der Waals surface area (Å²) in [4.78, 5) is 2.41. The van der Waals surface area contributed by atoms with Crippen LogP contribution in [0.1, 0.15) is 43.4 Å². The third kappa shape index (κ3) is 3.40. The summed E-state index contributed by atoms with van der Waals surface area (Å²) in [5.41, 5.74) is 5.04. The molecule has 2 aliphatic heterocycles. The average molecular weight is 385 g/mol. The average Bonchev–Trinajstić information content (AvgIpc) is 2.99. The van der Waals surface area contributed by atoms with Crippen molar-refractivity contribution in [2.75, 3.05) is 13.6 Å². The molecule has 2 aliphatic rings. The summed E-state index contributed by atoms with van der Waals surface area (Å²) in [6.07, 6.45) is 0.0801. The predicted molar refractivity (Wildman–Crippen MR) is 120 cm³/mol. The number of benzene rings is 3. The molecule has 0 radical (unpaired) electrons. The number of likely N-dealkylation sites (N-methyl/N-ethyl adjacent to an activating group) is 1. The molecule has 0 saturated carbocycles. The molecule has 0 spiro atoms. The molecule has 1 fully saturated rings. The van der Waals surface area contributed by atoms with E-state index in [-0.39, 0.29) is 18.8 Å². The van der Waals surface area contributed by atoms with E-state index in [1.54, 1.807) is 0 Å². The first-order valence-electron chi connectivity index (χ1n) is 10.5. The molecule has 4 heteroatoms. The summed E-state index contributed by atoms with van der Waals surface area (Å²) in [5, 5.41) is 2.60. The molecule has 0 N–H and O–H groups in total. The van der Waals surface area contributed by atoms with Crippen LogP contribution in [0.3, 0.4) is 0 Å². The topological polar surface area (TPSA) is 21.7 Å². The van der Waals surface area contributed by atoms with E-state index in [0.717, 1.165) is 18.6 Å². The van der Waals surface area contributed by atoms with Gasteiger partial charge in [0.25, 0.3) is 0 Å². The Morgan fingerprint density at radius 3 is 2.55 bits per heavy atom. The van der Waals surface area contributed by atoms with Gasteiger partial charge in [-0.2, -0.15) is 0 Å². The van der Waals surface area contributed by atoms with Crippen LogP contribution >= 0.6 is 0 Å². The summed E-state index contributed by atoms with van der Waals surface area (Å²) in [6, 6.07) is 22.3. The number of fused-ring (bicyclic) bond motifs is 2. The smallest absolute Gasteiger partial charge is 0.402 e. The van der Waals surface area contributed by atoms with E-state index in [9.17, 15) is 0 Å². The Bertz CT molecular complexity index is 1060. The van der Waals surface area contributed by atoms with E-state index in [4.69, 9.17) is 9.31 Å². The number of nitrogens with zero attached hydrogens (tertiary/aromatic N) is 1. The number of hydrogen-bond donors (Lipinski definition) is 0. The van der Waals surface area contributed by atoms with Crippen LogP contribution in [0.2, 0.25) is 0 Å². The zero-order chi connectivity index (χ0) is 20.2. The van der Waals surface area contributed by atoms with Crippen LogP contribution in [0, 0.1) is 0 Å². The minimum absolute atomic E-state index is 0.0801. The highest BCUT2D eigenvalue weighted by Gasteiger charge is 2.44. The van der Waals surface area contributed by atoms with Crippen LogP contribution in [0.5, 0.6) is 0 Å². The van der Waals surface area contributed by atoms with Gasteiger partial charge < -0.3 is 14.2 Å². The third-order valence-electron chi connectivity index (χ3n) is 6.64. The molecule has 148 valence electrons. The first-order chi connectivity index (χ1) is 13.9. The molecule has 3 nitrogen and oxygen atoms in total. The molecule has 0 amide bonds. The van der Waals surface area contributed by atoms with Gasteiger partial charge >= 0.3 is 7.12 Å². The standard InChI is InChI=1S/C25H28BNO2/c1-17-25(2,3)29-26(28-17)22-11-12-23-21(14-22)15-27(4)16-24(23)20-10-9-18-7-5-6-8-19(18)13-20/h5-14,17,24H,15-16H2,1-4H3/t17?,24-/m0/s1. The van der Waals surface area contributed by atoms with Gasteiger partial charge in [0.1, 0.15) is 0 Å². The van der Waals surface area contributed by atoms with Gasteiger partial charge in [0.2, 0.25) is 0 Å².